The summed E-state index contributed by atoms with van der Waals surface area (Å²) in [5.41, 5.74) is 1.03. The first-order chi connectivity index (χ1) is 9.10. The Morgan fingerprint density at radius 2 is 2.37 bits per heavy atom. The highest BCUT2D eigenvalue weighted by atomic mass is 79.9. The second-order valence-corrected chi connectivity index (χ2v) is 5.84. The van der Waals surface area contributed by atoms with E-state index < -0.39 is 0 Å². The van der Waals surface area contributed by atoms with Crippen molar-refractivity contribution in [3.05, 3.63) is 28.2 Å². The minimum absolute atomic E-state index is 0.0684. The monoisotopic (exact) mass is 321 g/mol. The maximum atomic E-state index is 12.2. The molecule has 1 saturated heterocycles. The lowest BCUT2D eigenvalue weighted by atomic mass is 9.94. The third kappa shape index (κ3) is 3.55. The Labute approximate surface area is 121 Å². The number of halogens is 1. The molecule has 0 aliphatic carbocycles. The molecule has 1 aromatic rings. The SMILES string of the molecule is CC1CCNC(C(=O)Nc2cc(Br)ccc2C#N)C1. The van der Waals surface area contributed by atoms with Gasteiger partial charge in [0.05, 0.1) is 17.3 Å². The quantitative estimate of drug-likeness (QED) is 0.880. The Morgan fingerprint density at radius 3 is 3.05 bits per heavy atom. The first-order valence-electron chi connectivity index (χ1n) is 6.34. The van der Waals surface area contributed by atoms with E-state index in [1.165, 1.54) is 0 Å². The summed E-state index contributed by atoms with van der Waals surface area (Å²) in [5.74, 6) is 0.482. The molecule has 0 bridgehead atoms. The number of hydrogen-bond donors (Lipinski definition) is 2. The molecular formula is C14H16BrN3O. The number of carbonyl (C=O) groups is 1. The summed E-state index contributed by atoms with van der Waals surface area (Å²) in [5, 5.41) is 15.1. The van der Waals surface area contributed by atoms with E-state index in [0.29, 0.717) is 17.2 Å². The molecule has 1 aliphatic rings. The van der Waals surface area contributed by atoms with Crippen LogP contribution in [0.5, 0.6) is 0 Å². The van der Waals surface area contributed by atoms with Gasteiger partial charge in [0.15, 0.2) is 0 Å². The van der Waals surface area contributed by atoms with Gasteiger partial charge in [-0.05, 0) is 43.5 Å². The molecule has 100 valence electrons. The van der Waals surface area contributed by atoms with Crippen molar-refractivity contribution >= 4 is 27.5 Å². The molecule has 1 heterocycles. The standard InChI is InChI=1S/C14H16BrN3O/c1-9-4-5-17-13(6-9)14(19)18-12-7-11(15)3-2-10(12)8-16/h2-3,7,9,13,17H,4-6H2,1H3,(H,18,19). The van der Waals surface area contributed by atoms with Crippen molar-refractivity contribution in [1.82, 2.24) is 5.32 Å². The summed E-state index contributed by atoms with van der Waals surface area (Å²) in [4.78, 5) is 12.2. The van der Waals surface area contributed by atoms with E-state index in [4.69, 9.17) is 5.26 Å². The number of carbonyl (C=O) groups excluding carboxylic acids is 1. The minimum Gasteiger partial charge on any atom is -0.324 e. The van der Waals surface area contributed by atoms with Gasteiger partial charge in [-0.15, -0.1) is 0 Å². The number of anilines is 1. The molecule has 1 aromatic carbocycles. The minimum atomic E-state index is -0.172. The van der Waals surface area contributed by atoms with Crippen LogP contribution in [0.3, 0.4) is 0 Å². The fourth-order valence-corrected chi connectivity index (χ4v) is 2.61. The zero-order valence-electron chi connectivity index (χ0n) is 10.7. The Kier molecular flexibility index (Phi) is 4.56. The average Bonchev–Trinajstić information content (AvgIpc) is 2.39. The molecule has 0 spiro atoms. The van der Waals surface area contributed by atoms with Gasteiger partial charge >= 0.3 is 0 Å². The Hall–Kier alpha value is -1.38. The van der Waals surface area contributed by atoms with Crippen LogP contribution >= 0.6 is 15.9 Å². The number of amides is 1. The van der Waals surface area contributed by atoms with Crippen LogP contribution in [0, 0.1) is 17.2 Å². The van der Waals surface area contributed by atoms with Crippen molar-refractivity contribution in [1.29, 1.82) is 5.26 Å². The number of nitrogens with zero attached hydrogens (tertiary/aromatic N) is 1. The Morgan fingerprint density at radius 1 is 1.58 bits per heavy atom. The first kappa shape index (κ1) is 14.0. The summed E-state index contributed by atoms with van der Waals surface area (Å²) < 4.78 is 0.840. The predicted molar refractivity (Wildman–Crippen MR) is 77.7 cm³/mol. The highest BCUT2D eigenvalue weighted by Crippen LogP contribution is 2.22. The highest BCUT2D eigenvalue weighted by Gasteiger charge is 2.24. The van der Waals surface area contributed by atoms with Gasteiger partial charge in [0, 0.05) is 4.47 Å². The Bertz CT molecular complexity index is 524. The van der Waals surface area contributed by atoms with Crippen LogP contribution in [0.2, 0.25) is 0 Å². The van der Waals surface area contributed by atoms with Gasteiger partial charge in [-0.2, -0.15) is 5.26 Å². The number of hydrogen-bond acceptors (Lipinski definition) is 3. The summed E-state index contributed by atoms with van der Waals surface area (Å²) >= 11 is 3.34. The molecule has 2 rings (SSSR count). The van der Waals surface area contributed by atoms with E-state index in [9.17, 15) is 4.79 Å². The van der Waals surface area contributed by atoms with Crippen LogP contribution in [0.1, 0.15) is 25.3 Å². The lowest BCUT2D eigenvalue weighted by Crippen LogP contribution is -2.45. The summed E-state index contributed by atoms with van der Waals surface area (Å²) in [6, 6.07) is 7.14. The highest BCUT2D eigenvalue weighted by molar-refractivity contribution is 9.10. The average molecular weight is 322 g/mol. The molecule has 2 atom stereocenters. The van der Waals surface area contributed by atoms with E-state index in [0.717, 1.165) is 23.9 Å². The number of nitriles is 1. The van der Waals surface area contributed by atoms with Crippen LogP contribution in [-0.4, -0.2) is 18.5 Å². The van der Waals surface area contributed by atoms with Gasteiger partial charge in [-0.25, -0.2) is 0 Å². The topological polar surface area (TPSA) is 64.9 Å². The molecule has 1 fully saturated rings. The number of nitrogens with one attached hydrogen (secondary N) is 2. The predicted octanol–water partition coefficient (Wildman–Crippen LogP) is 2.65. The van der Waals surface area contributed by atoms with Crippen LogP contribution < -0.4 is 10.6 Å². The van der Waals surface area contributed by atoms with E-state index in [1.807, 2.05) is 0 Å². The molecule has 1 aliphatic heterocycles. The third-order valence-electron chi connectivity index (χ3n) is 3.34. The first-order valence-corrected chi connectivity index (χ1v) is 7.13. The van der Waals surface area contributed by atoms with Gasteiger partial charge in [0.1, 0.15) is 6.07 Å². The normalized spacial score (nSPS) is 22.6. The maximum Gasteiger partial charge on any atom is 0.241 e. The van der Waals surface area contributed by atoms with Crippen molar-refractivity contribution in [2.75, 3.05) is 11.9 Å². The van der Waals surface area contributed by atoms with Crippen LogP contribution in [0.25, 0.3) is 0 Å². The maximum absolute atomic E-state index is 12.2. The van der Waals surface area contributed by atoms with Gasteiger partial charge in [-0.3, -0.25) is 4.79 Å². The van der Waals surface area contributed by atoms with Crippen LogP contribution in [-0.2, 0) is 4.79 Å². The van der Waals surface area contributed by atoms with Crippen LogP contribution in [0.15, 0.2) is 22.7 Å². The number of rotatable bonds is 2. The molecular weight excluding hydrogens is 306 g/mol. The van der Waals surface area contributed by atoms with Gasteiger partial charge in [-0.1, -0.05) is 22.9 Å². The van der Waals surface area contributed by atoms with Crippen molar-refractivity contribution in [3.63, 3.8) is 0 Å². The van der Waals surface area contributed by atoms with Gasteiger partial charge < -0.3 is 10.6 Å². The smallest absolute Gasteiger partial charge is 0.241 e. The Balaban J connectivity index is 2.10. The van der Waals surface area contributed by atoms with Crippen molar-refractivity contribution in [2.45, 2.75) is 25.8 Å². The molecule has 4 nitrogen and oxygen atoms in total. The molecule has 19 heavy (non-hydrogen) atoms. The number of benzene rings is 1. The van der Waals surface area contributed by atoms with Gasteiger partial charge in [0.2, 0.25) is 5.91 Å². The summed E-state index contributed by atoms with van der Waals surface area (Å²) in [6.07, 6.45) is 1.94. The van der Waals surface area contributed by atoms with E-state index in [2.05, 4.69) is 39.6 Å². The lowest BCUT2D eigenvalue weighted by Gasteiger charge is -2.27. The third-order valence-corrected chi connectivity index (χ3v) is 3.84. The van der Waals surface area contributed by atoms with Crippen molar-refractivity contribution in [2.24, 2.45) is 5.92 Å². The second-order valence-electron chi connectivity index (χ2n) is 4.93. The molecule has 0 radical (unpaired) electrons. The molecule has 2 N–H and O–H groups in total. The summed E-state index contributed by atoms with van der Waals surface area (Å²) in [7, 11) is 0. The molecule has 0 aromatic heterocycles. The number of piperidine rings is 1. The molecule has 0 saturated carbocycles. The molecule has 1 amide bonds. The lowest BCUT2D eigenvalue weighted by molar-refractivity contribution is -0.119. The zero-order chi connectivity index (χ0) is 13.8. The summed E-state index contributed by atoms with van der Waals surface area (Å²) in [6.45, 7) is 3.02. The van der Waals surface area contributed by atoms with Crippen molar-refractivity contribution < 1.29 is 4.79 Å². The zero-order valence-corrected chi connectivity index (χ0v) is 12.3. The van der Waals surface area contributed by atoms with E-state index in [-0.39, 0.29) is 11.9 Å². The van der Waals surface area contributed by atoms with Crippen molar-refractivity contribution in [3.8, 4) is 6.07 Å². The molecule has 5 heteroatoms. The van der Waals surface area contributed by atoms with E-state index in [1.54, 1.807) is 18.2 Å². The largest absolute Gasteiger partial charge is 0.324 e. The molecule has 2 unspecified atom stereocenters. The van der Waals surface area contributed by atoms with Crippen LogP contribution in [0.4, 0.5) is 5.69 Å². The fourth-order valence-electron chi connectivity index (χ4n) is 2.24. The van der Waals surface area contributed by atoms with Gasteiger partial charge in [0.25, 0.3) is 0 Å². The van der Waals surface area contributed by atoms with E-state index >= 15 is 0 Å². The fraction of sp³-hybridized carbons (Fsp3) is 0.429. The second kappa shape index (κ2) is 6.18.